The van der Waals surface area contributed by atoms with E-state index < -0.39 is 5.60 Å². The highest BCUT2D eigenvalue weighted by Crippen LogP contribution is 2.00. The Morgan fingerprint density at radius 3 is 2.79 bits per heavy atom. The molecule has 4 nitrogen and oxygen atoms in total. The van der Waals surface area contributed by atoms with E-state index in [0.717, 1.165) is 18.7 Å². The Morgan fingerprint density at radius 1 is 1.57 bits per heavy atom. The van der Waals surface area contributed by atoms with Gasteiger partial charge in [0, 0.05) is 31.4 Å². The minimum atomic E-state index is -0.652. The van der Waals surface area contributed by atoms with Gasteiger partial charge < -0.3 is 10.4 Å². The monoisotopic (exact) mass is 197 g/mol. The maximum atomic E-state index is 9.46. The molecule has 0 amide bonds. The van der Waals surface area contributed by atoms with Crippen molar-refractivity contribution in [3.8, 4) is 0 Å². The lowest BCUT2D eigenvalue weighted by Crippen LogP contribution is -2.34. The fourth-order valence-corrected chi connectivity index (χ4v) is 1.18. The first-order valence-electron chi connectivity index (χ1n) is 4.95. The van der Waals surface area contributed by atoms with Crippen molar-refractivity contribution in [1.82, 2.24) is 15.1 Å². The summed E-state index contributed by atoms with van der Waals surface area (Å²) in [5, 5.41) is 16.8. The third kappa shape index (κ3) is 3.89. The number of aromatic nitrogens is 2. The fourth-order valence-electron chi connectivity index (χ4n) is 1.18. The van der Waals surface area contributed by atoms with Crippen molar-refractivity contribution in [3.05, 3.63) is 18.0 Å². The molecule has 0 saturated heterocycles. The van der Waals surface area contributed by atoms with Gasteiger partial charge in [-0.25, -0.2) is 0 Å². The molecule has 1 heterocycles. The van der Waals surface area contributed by atoms with Crippen LogP contribution in [0.2, 0.25) is 0 Å². The molecular weight excluding hydrogens is 178 g/mol. The summed E-state index contributed by atoms with van der Waals surface area (Å²) in [7, 11) is 0. The Kier molecular flexibility index (Phi) is 3.66. The molecule has 0 spiro atoms. The minimum absolute atomic E-state index is 0.588. The van der Waals surface area contributed by atoms with Gasteiger partial charge in [0.2, 0.25) is 0 Å². The molecule has 1 aromatic heterocycles. The third-order valence-corrected chi connectivity index (χ3v) is 1.90. The maximum Gasteiger partial charge on any atom is 0.0715 e. The summed E-state index contributed by atoms with van der Waals surface area (Å²) >= 11 is 0. The summed E-state index contributed by atoms with van der Waals surface area (Å²) in [6, 6.07) is 0. The second kappa shape index (κ2) is 4.57. The van der Waals surface area contributed by atoms with E-state index in [1.807, 2.05) is 17.1 Å². The van der Waals surface area contributed by atoms with Crippen LogP contribution in [-0.4, -0.2) is 27.0 Å². The van der Waals surface area contributed by atoms with Gasteiger partial charge in [-0.15, -0.1) is 0 Å². The van der Waals surface area contributed by atoms with Crippen molar-refractivity contribution in [3.63, 3.8) is 0 Å². The molecule has 0 atom stereocenters. The van der Waals surface area contributed by atoms with E-state index in [2.05, 4.69) is 17.3 Å². The van der Waals surface area contributed by atoms with E-state index in [1.165, 1.54) is 0 Å². The van der Waals surface area contributed by atoms with Gasteiger partial charge in [0.05, 0.1) is 11.8 Å². The normalized spacial score (nSPS) is 12.0. The summed E-state index contributed by atoms with van der Waals surface area (Å²) in [6.45, 7) is 7.87. The third-order valence-electron chi connectivity index (χ3n) is 1.90. The highest BCUT2D eigenvalue weighted by Gasteiger charge is 2.11. The Morgan fingerprint density at radius 2 is 2.29 bits per heavy atom. The first-order chi connectivity index (χ1) is 6.51. The van der Waals surface area contributed by atoms with E-state index in [9.17, 15) is 5.11 Å². The molecule has 0 fully saturated rings. The standard InChI is InChI=1S/C10H19N3O/c1-4-13-7-9(6-12-13)5-11-8-10(2,3)14/h6-7,11,14H,4-5,8H2,1-3H3. The number of nitrogens with one attached hydrogen (secondary N) is 1. The summed E-state index contributed by atoms with van der Waals surface area (Å²) < 4.78 is 1.89. The first-order valence-corrected chi connectivity index (χ1v) is 4.95. The number of aliphatic hydroxyl groups is 1. The SMILES string of the molecule is CCn1cc(CNCC(C)(C)O)cn1. The van der Waals surface area contributed by atoms with Crippen molar-refractivity contribution in [1.29, 1.82) is 0 Å². The van der Waals surface area contributed by atoms with Crippen LogP contribution in [0, 0.1) is 0 Å². The molecule has 0 saturated carbocycles. The molecule has 80 valence electrons. The van der Waals surface area contributed by atoms with Crippen LogP contribution in [0.25, 0.3) is 0 Å². The number of hydrogen-bond acceptors (Lipinski definition) is 3. The van der Waals surface area contributed by atoms with Gasteiger partial charge in [-0.1, -0.05) is 0 Å². The Hall–Kier alpha value is -0.870. The lowest BCUT2D eigenvalue weighted by Gasteiger charge is -2.17. The van der Waals surface area contributed by atoms with Gasteiger partial charge >= 0.3 is 0 Å². The van der Waals surface area contributed by atoms with Crippen LogP contribution in [0.15, 0.2) is 12.4 Å². The molecule has 0 unspecified atom stereocenters. The van der Waals surface area contributed by atoms with Gasteiger partial charge in [0.15, 0.2) is 0 Å². The summed E-state index contributed by atoms with van der Waals surface area (Å²) in [5.74, 6) is 0. The second-order valence-electron chi connectivity index (χ2n) is 4.12. The topological polar surface area (TPSA) is 50.1 Å². The predicted octanol–water partition coefficient (Wildman–Crippen LogP) is 0.763. The van der Waals surface area contributed by atoms with Crippen LogP contribution in [0.5, 0.6) is 0 Å². The molecule has 0 bridgehead atoms. The average molecular weight is 197 g/mol. The molecule has 0 aliphatic rings. The zero-order chi connectivity index (χ0) is 10.6. The van der Waals surface area contributed by atoms with Gasteiger partial charge in [-0.2, -0.15) is 5.10 Å². The molecule has 2 N–H and O–H groups in total. The van der Waals surface area contributed by atoms with Crippen LogP contribution in [-0.2, 0) is 13.1 Å². The van der Waals surface area contributed by atoms with Crippen LogP contribution >= 0.6 is 0 Å². The zero-order valence-corrected chi connectivity index (χ0v) is 9.12. The quantitative estimate of drug-likeness (QED) is 0.733. The molecule has 0 aromatic carbocycles. The van der Waals surface area contributed by atoms with Crippen molar-refractivity contribution < 1.29 is 5.11 Å². The van der Waals surface area contributed by atoms with Crippen LogP contribution < -0.4 is 5.32 Å². The molecule has 1 aromatic rings. The van der Waals surface area contributed by atoms with Gasteiger partial charge in [-0.05, 0) is 20.8 Å². The summed E-state index contributed by atoms with van der Waals surface area (Å²) in [4.78, 5) is 0. The number of aryl methyl sites for hydroxylation is 1. The number of rotatable bonds is 5. The Labute approximate surface area is 84.9 Å². The van der Waals surface area contributed by atoms with Crippen LogP contribution in [0.1, 0.15) is 26.3 Å². The number of nitrogens with zero attached hydrogens (tertiary/aromatic N) is 2. The van der Waals surface area contributed by atoms with Crippen LogP contribution in [0.3, 0.4) is 0 Å². The highest BCUT2D eigenvalue weighted by atomic mass is 16.3. The smallest absolute Gasteiger partial charge is 0.0715 e. The number of hydrogen-bond donors (Lipinski definition) is 2. The minimum Gasteiger partial charge on any atom is -0.389 e. The molecule has 0 aliphatic carbocycles. The first kappa shape index (κ1) is 11.2. The maximum absolute atomic E-state index is 9.46. The lowest BCUT2D eigenvalue weighted by atomic mass is 10.1. The van der Waals surface area contributed by atoms with Crippen molar-refractivity contribution in [2.24, 2.45) is 0 Å². The van der Waals surface area contributed by atoms with E-state index in [4.69, 9.17) is 0 Å². The molecule has 0 radical (unpaired) electrons. The Bertz CT molecular complexity index is 275. The van der Waals surface area contributed by atoms with E-state index in [-0.39, 0.29) is 0 Å². The van der Waals surface area contributed by atoms with E-state index in [1.54, 1.807) is 13.8 Å². The predicted molar refractivity (Wildman–Crippen MR) is 55.9 cm³/mol. The van der Waals surface area contributed by atoms with E-state index in [0.29, 0.717) is 6.54 Å². The molecule has 1 rings (SSSR count). The zero-order valence-electron chi connectivity index (χ0n) is 9.12. The van der Waals surface area contributed by atoms with Crippen molar-refractivity contribution in [2.75, 3.05) is 6.54 Å². The Balaban J connectivity index is 2.31. The fraction of sp³-hybridized carbons (Fsp3) is 0.700. The molecule has 0 aliphatic heterocycles. The average Bonchev–Trinajstić information content (AvgIpc) is 2.50. The summed E-state index contributed by atoms with van der Waals surface area (Å²) in [5.41, 5.74) is 0.497. The van der Waals surface area contributed by atoms with Crippen LogP contribution in [0.4, 0.5) is 0 Å². The van der Waals surface area contributed by atoms with Crippen molar-refractivity contribution in [2.45, 2.75) is 39.5 Å². The highest BCUT2D eigenvalue weighted by molar-refractivity contribution is 5.03. The lowest BCUT2D eigenvalue weighted by molar-refractivity contribution is 0.0795. The van der Waals surface area contributed by atoms with Gasteiger partial charge in [-0.3, -0.25) is 4.68 Å². The van der Waals surface area contributed by atoms with Gasteiger partial charge in [0.25, 0.3) is 0 Å². The van der Waals surface area contributed by atoms with Gasteiger partial charge in [0.1, 0.15) is 0 Å². The molecular formula is C10H19N3O. The summed E-state index contributed by atoms with van der Waals surface area (Å²) in [6.07, 6.45) is 3.86. The molecule has 4 heteroatoms. The van der Waals surface area contributed by atoms with E-state index >= 15 is 0 Å². The largest absolute Gasteiger partial charge is 0.389 e. The van der Waals surface area contributed by atoms with Crippen molar-refractivity contribution >= 4 is 0 Å². The second-order valence-corrected chi connectivity index (χ2v) is 4.12. The molecule has 14 heavy (non-hydrogen) atoms.